The molecule has 4 nitrogen and oxygen atoms in total. The molecule has 3 rings (SSSR count). The van der Waals surface area contributed by atoms with Gasteiger partial charge < -0.3 is 10.0 Å². The van der Waals surface area contributed by atoms with Crippen LogP contribution in [-0.4, -0.2) is 27.9 Å². The normalized spacial score (nSPS) is 19.8. The van der Waals surface area contributed by atoms with E-state index >= 15 is 0 Å². The Morgan fingerprint density at radius 1 is 1.16 bits per heavy atom. The first-order valence-electron chi connectivity index (χ1n) is 8.27. The standard InChI is InChI=1S/C20H20FNO3/c1-12(2)18-17(20(24)25)15-5-3-4-6-16(15)19(23)22(18)11-13-7-9-14(21)10-8-13/h3-10,12,17-18H,11H2,1-2H3,(H,24,25). The first-order valence-corrected chi connectivity index (χ1v) is 8.27. The van der Waals surface area contributed by atoms with Crippen molar-refractivity contribution in [2.75, 3.05) is 0 Å². The summed E-state index contributed by atoms with van der Waals surface area (Å²) in [5.74, 6) is -2.30. The van der Waals surface area contributed by atoms with E-state index in [4.69, 9.17) is 0 Å². The van der Waals surface area contributed by atoms with Gasteiger partial charge in [-0.15, -0.1) is 0 Å². The molecule has 0 spiro atoms. The van der Waals surface area contributed by atoms with Crippen molar-refractivity contribution in [2.45, 2.75) is 32.4 Å². The molecule has 1 N–H and O–H groups in total. The first-order chi connectivity index (χ1) is 11.9. The zero-order chi connectivity index (χ0) is 18.1. The maximum atomic E-state index is 13.2. The number of hydrogen-bond donors (Lipinski definition) is 1. The number of nitrogens with zero attached hydrogens (tertiary/aromatic N) is 1. The molecule has 5 heteroatoms. The quantitative estimate of drug-likeness (QED) is 0.923. The Hall–Kier alpha value is -2.69. The van der Waals surface area contributed by atoms with Crippen LogP contribution in [0.1, 0.15) is 41.3 Å². The summed E-state index contributed by atoms with van der Waals surface area (Å²) in [4.78, 5) is 26.6. The van der Waals surface area contributed by atoms with E-state index in [2.05, 4.69) is 0 Å². The molecule has 1 heterocycles. The van der Waals surface area contributed by atoms with E-state index in [1.807, 2.05) is 13.8 Å². The monoisotopic (exact) mass is 341 g/mol. The summed E-state index contributed by atoms with van der Waals surface area (Å²) in [5.41, 5.74) is 1.76. The van der Waals surface area contributed by atoms with Crippen molar-refractivity contribution in [3.8, 4) is 0 Å². The SMILES string of the molecule is CC(C)C1C(C(=O)O)c2ccccc2C(=O)N1Cc1ccc(F)cc1. The van der Waals surface area contributed by atoms with Gasteiger partial charge in [0.15, 0.2) is 0 Å². The smallest absolute Gasteiger partial charge is 0.313 e. The van der Waals surface area contributed by atoms with Gasteiger partial charge in [0, 0.05) is 12.1 Å². The van der Waals surface area contributed by atoms with Crippen LogP contribution in [0, 0.1) is 11.7 Å². The summed E-state index contributed by atoms with van der Waals surface area (Å²) in [5, 5.41) is 9.82. The average molecular weight is 341 g/mol. The molecule has 130 valence electrons. The molecule has 0 saturated heterocycles. The van der Waals surface area contributed by atoms with Crippen LogP contribution in [0.4, 0.5) is 4.39 Å². The number of carbonyl (C=O) groups is 2. The molecule has 0 fully saturated rings. The minimum absolute atomic E-state index is 0.0427. The van der Waals surface area contributed by atoms with Crippen molar-refractivity contribution in [2.24, 2.45) is 5.92 Å². The Kier molecular flexibility index (Phi) is 4.57. The number of amides is 1. The van der Waals surface area contributed by atoms with Gasteiger partial charge in [-0.3, -0.25) is 9.59 Å². The van der Waals surface area contributed by atoms with Crippen molar-refractivity contribution < 1.29 is 19.1 Å². The molecule has 1 aliphatic heterocycles. The Balaban J connectivity index is 2.07. The number of hydrogen-bond acceptors (Lipinski definition) is 2. The van der Waals surface area contributed by atoms with E-state index in [1.54, 1.807) is 41.3 Å². The van der Waals surface area contributed by atoms with E-state index in [9.17, 15) is 19.1 Å². The Labute approximate surface area is 145 Å². The van der Waals surface area contributed by atoms with E-state index in [-0.39, 0.29) is 24.2 Å². The lowest BCUT2D eigenvalue weighted by Crippen LogP contribution is -2.52. The van der Waals surface area contributed by atoms with Crippen LogP contribution in [0.15, 0.2) is 48.5 Å². The summed E-state index contributed by atoms with van der Waals surface area (Å²) >= 11 is 0. The van der Waals surface area contributed by atoms with E-state index < -0.39 is 17.9 Å². The zero-order valence-electron chi connectivity index (χ0n) is 14.1. The van der Waals surface area contributed by atoms with Gasteiger partial charge in [-0.2, -0.15) is 0 Å². The van der Waals surface area contributed by atoms with Gasteiger partial charge >= 0.3 is 5.97 Å². The van der Waals surface area contributed by atoms with Crippen LogP contribution in [0.5, 0.6) is 0 Å². The molecule has 1 aliphatic rings. The van der Waals surface area contributed by atoms with E-state index in [1.165, 1.54) is 12.1 Å². The van der Waals surface area contributed by atoms with Crippen LogP contribution in [0.25, 0.3) is 0 Å². The highest BCUT2D eigenvalue weighted by Crippen LogP contribution is 2.37. The maximum absolute atomic E-state index is 13.2. The van der Waals surface area contributed by atoms with Crippen LogP contribution < -0.4 is 0 Å². The molecule has 2 atom stereocenters. The first kappa shape index (κ1) is 17.1. The molecule has 0 bridgehead atoms. The number of carbonyl (C=O) groups excluding carboxylic acids is 1. The van der Waals surface area contributed by atoms with Gasteiger partial charge in [-0.1, -0.05) is 44.2 Å². The molecule has 0 saturated carbocycles. The molecular weight excluding hydrogens is 321 g/mol. The number of benzene rings is 2. The average Bonchev–Trinajstić information content (AvgIpc) is 2.58. The third-order valence-electron chi connectivity index (χ3n) is 4.70. The highest BCUT2D eigenvalue weighted by molar-refractivity contribution is 6.00. The maximum Gasteiger partial charge on any atom is 0.313 e. The van der Waals surface area contributed by atoms with Crippen LogP contribution in [0.3, 0.4) is 0 Å². The fraction of sp³-hybridized carbons (Fsp3) is 0.300. The van der Waals surface area contributed by atoms with Gasteiger partial charge in [0.2, 0.25) is 0 Å². The molecule has 2 aromatic carbocycles. The van der Waals surface area contributed by atoms with Crippen molar-refractivity contribution in [3.63, 3.8) is 0 Å². The molecule has 1 amide bonds. The lowest BCUT2D eigenvalue weighted by atomic mass is 9.78. The van der Waals surface area contributed by atoms with Crippen LogP contribution in [-0.2, 0) is 11.3 Å². The van der Waals surface area contributed by atoms with Gasteiger partial charge in [-0.25, -0.2) is 4.39 Å². The second kappa shape index (κ2) is 6.67. The molecular formula is C20H20FNO3. The number of carboxylic acids is 1. The van der Waals surface area contributed by atoms with Gasteiger partial charge in [0.1, 0.15) is 11.7 Å². The summed E-state index contributed by atoms with van der Waals surface area (Å²) < 4.78 is 13.2. The largest absolute Gasteiger partial charge is 0.481 e. The number of rotatable bonds is 4. The topological polar surface area (TPSA) is 57.6 Å². The van der Waals surface area contributed by atoms with Crippen LogP contribution in [0.2, 0.25) is 0 Å². The molecule has 0 radical (unpaired) electrons. The second-order valence-corrected chi connectivity index (χ2v) is 6.70. The summed E-state index contributed by atoms with van der Waals surface area (Å²) in [6.45, 7) is 4.08. The van der Waals surface area contributed by atoms with E-state index in [0.717, 1.165) is 5.56 Å². The predicted octanol–water partition coefficient (Wildman–Crippen LogP) is 3.67. The Morgan fingerprint density at radius 3 is 2.40 bits per heavy atom. The van der Waals surface area contributed by atoms with Gasteiger partial charge in [-0.05, 0) is 35.2 Å². The lowest BCUT2D eigenvalue weighted by Gasteiger charge is -2.42. The Morgan fingerprint density at radius 2 is 1.80 bits per heavy atom. The molecule has 0 aliphatic carbocycles. The fourth-order valence-corrected chi connectivity index (χ4v) is 3.60. The van der Waals surface area contributed by atoms with E-state index in [0.29, 0.717) is 11.1 Å². The number of halogens is 1. The van der Waals surface area contributed by atoms with Gasteiger partial charge in [0.05, 0.1) is 6.04 Å². The third-order valence-corrected chi connectivity index (χ3v) is 4.70. The molecule has 2 aromatic rings. The predicted molar refractivity (Wildman–Crippen MR) is 91.7 cm³/mol. The highest BCUT2D eigenvalue weighted by atomic mass is 19.1. The molecule has 25 heavy (non-hydrogen) atoms. The lowest BCUT2D eigenvalue weighted by molar-refractivity contribution is -0.141. The van der Waals surface area contributed by atoms with Gasteiger partial charge in [0.25, 0.3) is 5.91 Å². The summed E-state index contributed by atoms with van der Waals surface area (Å²) in [6.07, 6.45) is 0. The van der Waals surface area contributed by atoms with Crippen molar-refractivity contribution in [1.29, 1.82) is 0 Å². The minimum atomic E-state index is -0.942. The summed E-state index contributed by atoms with van der Waals surface area (Å²) in [7, 11) is 0. The van der Waals surface area contributed by atoms with Crippen molar-refractivity contribution in [3.05, 3.63) is 71.0 Å². The summed E-state index contributed by atoms with van der Waals surface area (Å²) in [6, 6.07) is 12.3. The second-order valence-electron chi connectivity index (χ2n) is 6.70. The number of aliphatic carboxylic acids is 1. The molecule has 2 unspecified atom stereocenters. The molecule has 0 aromatic heterocycles. The van der Waals surface area contributed by atoms with Crippen molar-refractivity contribution >= 4 is 11.9 Å². The third kappa shape index (κ3) is 3.14. The highest BCUT2D eigenvalue weighted by Gasteiger charge is 2.44. The minimum Gasteiger partial charge on any atom is -0.481 e. The zero-order valence-corrected chi connectivity index (χ0v) is 14.1. The fourth-order valence-electron chi connectivity index (χ4n) is 3.60. The number of fused-ring (bicyclic) bond motifs is 1. The number of carboxylic acid groups (broad SMARTS) is 1. The van der Waals surface area contributed by atoms with Crippen LogP contribution >= 0.6 is 0 Å². The van der Waals surface area contributed by atoms with Crippen molar-refractivity contribution in [1.82, 2.24) is 4.90 Å². The Bertz CT molecular complexity index is 801.